The molecule has 5 heteroatoms. The van der Waals surface area contributed by atoms with E-state index in [0.717, 1.165) is 34.5 Å². The zero-order chi connectivity index (χ0) is 15.4. The highest BCUT2D eigenvalue weighted by molar-refractivity contribution is 7.17. The number of aryl methyl sites for hydroxylation is 1. The first kappa shape index (κ1) is 15.5. The molecule has 1 amide bonds. The Kier molecular flexibility index (Phi) is 4.96. The summed E-state index contributed by atoms with van der Waals surface area (Å²) in [4.78, 5) is 21.6. The van der Waals surface area contributed by atoms with E-state index >= 15 is 0 Å². The molecule has 1 aromatic carbocycles. The fourth-order valence-electron chi connectivity index (χ4n) is 2.14. The molecule has 0 aliphatic heterocycles. The van der Waals surface area contributed by atoms with Crippen molar-refractivity contribution in [1.29, 1.82) is 0 Å². The highest BCUT2D eigenvalue weighted by Gasteiger charge is 2.21. The quantitative estimate of drug-likeness (QED) is 0.845. The number of para-hydroxylation sites is 1. The van der Waals surface area contributed by atoms with E-state index in [-0.39, 0.29) is 5.91 Å². The summed E-state index contributed by atoms with van der Waals surface area (Å²) in [5, 5.41) is 0.842. The zero-order valence-corrected chi connectivity index (χ0v) is 13.8. The second-order valence-corrected chi connectivity index (χ2v) is 5.76. The molecule has 0 saturated carbocycles. The summed E-state index contributed by atoms with van der Waals surface area (Å²) in [6.45, 7) is 7.33. The molecule has 112 valence electrons. The van der Waals surface area contributed by atoms with E-state index in [9.17, 15) is 4.79 Å². The van der Waals surface area contributed by atoms with Crippen molar-refractivity contribution in [2.24, 2.45) is 0 Å². The van der Waals surface area contributed by atoms with Crippen LogP contribution < -0.4 is 4.90 Å². The maximum atomic E-state index is 12.5. The Labute approximate surface area is 130 Å². The van der Waals surface area contributed by atoms with Crippen LogP contribution in [0.1, 0.15) is 29.2 Å². The minimum Gasteiger partial charge on any atom is -0.338 e. The van der Waals surface area contributed by atoms with Gasteiger partial charge in [-0.2, -0.15) is 0 Å². The number of anilines is 2. The van der Waals surface area contributed by atoms with Crippen molar-refractivity contribution in [3.63, 3.8) is 0 Å². The maximum absolute atomic E-state index is 12.5. The largest absolute Gasteiger partial charge is 0.338 e. The molecule has 21 heavy (non-hydrogen) atoms. The molecule has 4 nitrogen and oxygen atoms in total. The van der Waals surface area contributed by atoms with Crippen LogP contribution in [0.15, 0.2) is 30.3 Å². The first-order valence-corrected chi connectivity index (χ1v) is 7.95. The smallest absolute Gasteiger partial charge is 0.265 e. The van der Waals surface area contributed by atoms with Crippen LogP contribution in [-0.4, -0.2) is 35.9 Å². The topological polar surface area (TPSA) is 36.4 Å². The number of benzene rings is 1. The van der Waals surface area contributed by atoms with Crippen molar-refractivity contribution in [3.8, 4) is 0 Å². The van der Waals surface area contributed by atoms with E-state index in [1.165, 1.54) is 11.3 Å². The number of hydrogen-bond acceptors (Lipinski definition) is 4. The van der Waals surface area contributed by atoms with E-state index in [1.54, 1.807) is 0 Å². The molecule has 0 fully saturated rings. The van der Waals surface area contributed by atoms with E-state index < -0.39 is 0 Å². The van der Waals surface area contributed by atoms with Gasteiger partial charge in [-0.1, -0.05) is 29.5 Å². The summed E-state index contributed by atoms with van der Waals surface area (Å²) in [5.41, 5.74) is 1.86. The number of nitrogens with zero attached hydrogens (tertiary/aromatic N) is 3. The molecule has 0 saturated heterocycles. The second-order valence-electron chi connectivity index (χ2n) is 4.78. The van der Waals surface area contributed by atoms with Gasteiger partial charge >= 0.3 is 0 Å². The molecule has 2 rings (SSSR count). The first-order chi connectivity index (χ1) is 10.1. The molecule has 1 heterocycles. The van der Waals surface area contributed by atoms with Crippen LogP contribution in [0.2, 0.25) is 0 Å². The van der Waals surface area contributed by atoms with Crippen molar-refractivity contribution in [2.75, 3.05) is 25.0 Å². The van der Waals surface area contributed by atoms with Gasteiger partial charge < -0.3 is 9.80 Å². The lowest BCUT2D eigenvalue weighted by atomic mass is 10.3. The van der Waals surface area contributed by atoms with Crippen molar-refractivity contribution in [3.05, 3.63) is 40.9 Å². The van der Waals surface area contributed by atoms with E-state index in [4.69, 9.17) is 0 Å². The first-order valence-electron chi connectivity index (χ1n) is 7.13. The molecule has 0 atom stereocenters. The molecule has 0 N–H and O–H groups in total. The number of carbonyl (C=O) groups excluding carboxylic acids is 1. The molecule has 0 bridgehead atoms. The van der Waals surface area contributed by atoms with Crippen molar-refractivity contribution in [1.82, 2.24) is 9.88 Å². The summed E-state index contributed by atoms with van der Waals surface area (Å²) >= 11 is 1.45. The lowest BCUT2D eigenvalue weighted by Crippen LogP contribution is -2.30. The predicted octanol–water partition coefficient (Wildman–Crippen LogP) is 3.70. The van der Waals surface area contributed by atoms with Crippen molar-refractivity contribution in [2.45, 2.75) is 20.8 Å². The molecule has 0 unspecified atom stereocenters. The molecular formula is C16H21N3OS. The standard InChI is InChI=1S/C16H21N3OS/c1-5-19(6-2)15(20)14-12(3)17-16(21-14)18(4)13-10-8-7-9-11-13/h7-11H,5-6H2,1-4H3. The number of amides is 1. The monoisotopic (exact) mass is 303 g/mol. The molecule has 0 aliphatic carbocycles. The van der Waals surface area contributed by atoms with Gasteiger partial charge in [0.25, 0.3) is 5.91 Å². The van der Waals surface area contributed by atoms with Gasteiger partial charge in [0.2, 0.25) is 0 Å². The van der Waals surface area contributed by atoms with Gasteiger partial charge in [0.1, 0.15) is 4.88 Å². The van der Waals surface area contributed by atoms with Gasteiger partial charge in [-0.3, -0.25) is 4.79 Å². The van der Waals surface area contributed by atoms with Crippen LogP contribution in [0.4, 0.5) is 10.8 Å². The Hall–Kier alpha value is -1.88. The zero-order valence-electron chi connectivity index (χ0n) is 13.0. The van der Waals surface area contributed by atoms with E-state index in [1.807, 2.05) is 68.0 Å². The Bertz CT molecular complexity index is 605. The Morgan fingerprint density at radius 3 is 2.38 bits per heavy atom. The van der Waals surface area contributed by atoms with Crippen LogP contribution in [-0.2, 0) is 0 Å². The average molecular weight is 303 g/mol. The normalized spacial score (nSPS) is 10.5. The van der Waals surface area contributed by atoms with Crippen molar-refractivity contribution >= 4 is 28.1 Å². The fourth-order valence-corrected chi connectivity index (χ4v) is 3.16. The molecule has 2 aromatic rings. The highest BCUT2D eigenvalue weighted by atomic mass is 32.1. The van der Waals surface area contributed by atoms with E-state index in [2.05, 4.69) is 4.98 Å². The molecular weight excluding hydrogens is 282 g/mol. The minimum absolute atomic E-state index is 0.0720. The van der Waals surface area contributed by atoms with E-state index in [0.29, 0.717) is 0 Å². The van der Waals surface area contributed by atoms with Gasteiger partial charge in [-0.05, 0) is 32.9 Å². The Morgan fingerprint density at radius 1 is 1.19 bits per heavy atom. The van der Waals surface area contributed by atoms with Crippen LogP contribution in [0.25, 0.3) is 0 Å². The summed E-state index contributed by atoms with van der Waals surface area (Å²) in [7, 11) is 1.97. The van der Waals surface area contributed by atoms with Crippen molar-refractivity contribution < 1.29 is 4.79 Å². The number of thiazole rings is 1. The predicted molar refractivity (Wildman–Crippen MR) is 88.6 cm³/mol. The Morgan fingerprint density at radius 2 is 1.81 bits per heavy atom. The fraction of sp³-hybridized carbons (Fsp3) is 0.375. The third kappa shape index (κ3) is 3.24. The SMILES string of the molecule is CCN(CC)C(=O)c1sc(N(C)c2ccccc2)nc1C. The molecule has 0 radical (unpaired) electrons. The number of aromatic nitrogens is 1. The highest BCUT2D eigenvalue weighted by Crippen LogP contribution is 2.30. The number of rotatable bonds is 5. The third-order valence-electron chi connectivity index (χ3n) is 3.46. The molecule has 0 spiro atoms. The molecule has 1 aromatic heterocycles. The molecule has 0 aliphatic rings. The van der Waals surface area contributed by atoms with Gasteiger partial charge in [0, 0.05) is 25.8 Å². The lowest BCUT2D eigenvalue weighted by Gasteiger charge is -2.17. The Balaban J connectivity index is 2.29. The van der Waals surface area contributed by atoms with Crippen LogP contribution in [0.5, 0.6) is 0 Å². The second kappa shape index (κ2) is 6.72. The van der Waals surface area contributed by atoms with Crippen LogP contribution in [0, 0.1) is 6.92 Å². The van der Waals surface area contributed by atoms with Crippen LogP contribution >= 0.6 is 11.3 Å². The summed E-state index contributed by atoms with van der Waals surface area (Å²) < 4.78 is 0. The lowest BCUT2D eigenvalue weighted by molar-refractivity contribution is 0.0777. The summed E-state index contributed by atoms with van der Waals surface area (Å²) in [5.74, 6) is 0.0720. The van der Waals surface area contributed by atoms with Gasteiger partial charge in [-0.15, -0.1) is 0 Å². The van der Waals surface area contributed by atoms with Gasteiger partial charge in [-0.25, -0.2) is 4.98 Å². The summed E-state index contributed by atoms with van der Waals surface area (Å²) in [6.07, 6.45) is 0. The summed E-state index contributed by atoms with van der Waals surface area (Å²) in [6, 6.07) is 10.0. The number of hydrogen-bond donors (Lipinski definition) is 0. The third-order valence-corrected chi connectivity index (χ3v) is 4.68. The number of carbonyl (C=O) groups is 1. The van der Waals surface area contributed by atoms with Crippen LogP contribution in [0.3, 0.4) is 0 Å². The average Bonchev–Trinajstić information content (AvgIpc) is 2.90. The maximum Gasteiger partial charge on any atom is 0.265 e. The minimum atomic E-state index is 0.0720. The van der Waals surface area contributed by atoms with Gasteiger partial charge in [0.05, 0.1) is 5.69 Å². The van der Waals surface area contributed by atoms with Gasteiger partial charge in [0.15, 0.2) is 5.13 Å².